The van der Waals surface area contributed by atoms with Crippen molar-refractivity contribution in [3.05, 3.63) is 224 Å². The molecule has 0 atom stereocenters. The van der Waals surface area contributed by atoms with Gasteiger partial charge in [-0.3, -0.25) is 4.40 Å². The molecule has 0 fully saturated rings. The predicted molar refractivity (Wildman–Crippen MR) is 250 cm³/mol. The van der Waals surface area contributed by atoms with E-state index in [1.165, 1.54) is 11.1 Å². The molecular weight excluding hydrogens is 743 g/mol. The van der Waals surface area contributed by atoms with Crippen LogP contribution in [0.4, 0.5) is 0 Å². The molecule has 0 radical (unpaired) electrons. The summed E-state index contributed by atoms with van der Waals surface area (Å²) in [6.07, 6.45) is 0. The van der Waals surface area contributed by atoms with E-state index in [2.05, 4.69) is 205 Å². The van der Waals surface area contributed by atoms with Gasteiger partial charge in [-0.1, -0.05) is 218 Å². The predicted octanol–water partition coefficient (Wildman–Crippen LogP) is 14.0. The van der Waals surface area contributed by atoms with Gasteiger partial charge in [0.2, 0.25) is 0 Å². The van der Waals surface area contributed by atoms with Crippen LogP contribution in [0.3, 0.4) is 0 Å². The molecule has 3 heterocycles. The number of fused-ring (bicyclic) bond motifs is 3. The summed E-state index contributed by atoms with van der Waals surface area (Å²) >= 11 is 0. The van der Waals surface area contributed by atoms with Crippen LogP contribution in [-0.4, -0.2) is 24.3 Å². The average molecular weight is 780 g/mol. The van der Waals surface area contributed by atoms with Gasteiger partial charge < -0.3 is 0 Å². The SMILES string of the molecule is c1ccc(-c2ccc(-c3cc(-c4ccc(-c5nc(-c6ccccc6)n6c(-c7ccccc7)c7ccccc7c6n5)cc4)nc(-c4ccc(-c5ccccc5)cc4)n3)cc2)cc1. The lowest BCUT2D eigenvalue weighted by Gasteiger charge is -2.13. The molecule has 0 aliphatic carbocycles. The maximum absolute atomic E-state index is 5.32. The fourth-order valence-corrected chi connectivity index (χ4v) is 8.18. The third-order valence-electron chi connectivity index (χ3n) is 11.3. The first-order chi connectivity index (χ1) is 30.2. The van der Waals surface area contributed by atoms with Crippen LogP contribution < -0.4 is 0 Å². The molecule has 0 aliphatic rings. The van der Waals surface area contributed by atoms with Gasteiger partial charge in [-0.25, -0.2) is 19.9 Å². The summed E-state index contributed by atoms with van der Waals surface area (Å²) in [6, 6.07) is 77.9. The first-order valence-electron chi connectivity index (χ1n) is 20.5. The number of rotatable bonds is 8. The van der Waals surface area contributed by atoms with Crippen LogP contribution in [0.25, 0.3) is 107 Å². The second-order valence-corrected chi connectivity index (χ2v) is 15.1. The van der Waals surface area contributed by atoms with Crippen molar-refractivity contribution in [2.45, 2.75) is 0 Å². The van der Waals surface area contributed by atoms with Crippen molar-refractivity contribution in [3.63, 3.8) is 0 Å². The molecule has 0 N–H and O–H groups in total. The Balaban J connectivity index is 1.02. The van der Waals surface area contributed by atoms with Crippen LogP contribution in [0.1, 0.15) is 0 Å². The number of nitrogens with zero attached hydrogens (tertiary/aromatic N) is 5. The molecule has 5 nitrogen and oxygen atoms in total. The first kappa shape index (κ1) is 35.8. The molecule has 0 spiro atoms. The largest absolute Gasteiger partial charge is 0.277 e. The highest BCUT2D eigenvalue weighted by atomic mass is 15.1. The summed E-state index contributed by atoms with van der Waals surface area (Å²) in [5.41, 5.74) is 14.3. The Kier molecular flexibility index (Phi) is 9.10. The molecule has 0 saturated heterocycles. The lowest BCUT2D eigenvalue weighted by Crippen LogP contribution is -2.03. The Morgan fingerprint density at radius 1 is 0.262 bits per heavy atom. The summed E-state index contributed by atoms with van der Waals surface area (Å²) in [4.78, 5) is 21.0. The van der Waals surface area contributed by atoms with Crippen LogP contribution in [0, 0.1) is 0 Å². The van der Waals surface area contributed by atoms with Gasteiger partial charge in [0.05, 0.1) is 17.1 Å². The van der Waals surface area contributed by atoms with E-state index in [1.54, 1.807) is 0 Å². The van der Waals surface area contributed by atoms with Crippen molar-refractivity contribution in [3.8, 4) is 90.2 Å². The molecule has 0 unspecified atom stereocenters. The van der Waals surface area contributed by atoms with Crippen LogP contribution in [-0.2, 0) is 0 Å². The van der Waals surface area contributed by atoms with Crippen molar-refractivity contribution in [2.24, 2.45) is 0 Å². The van der Waals surface area contributed by atoms with Crippen LogP contribution in [0.2, 0.25) is 0 Å². The minimum absolute atomic E-state index is 0.654. The number of hydrogen-bond acceptors (Lipinski definition) is 4. The standard InChI is InChI=1S/C56H37N5/c1-5-15-38(16-6-1)40-25-29-42(30-26-40)50-37-51(58-53(57-50)45-33-27-41(28-34-45)39-17-7-2-8-18-39)43-31-35-46(36-32-43)54-59-55(47-21-11-4-12-22-47)61-52(44-19-9-3-10-20-44)48-23-13-14-24-49(48)56(61)60-54/h1-37H. The van der Waals surface area contributed by atoms with Gasteiger partial charge in [-0.2, -0.15) is 0 Å². The normalized spacial score (nSPS) is 11.3. The van der Waals surface area contributed by atoms with Crippen LogP contribution >= 0.6 is 0 Å². The van der Waals surface area contributed by atoms with E-state index in [0.29, 0.717) is 11.6 Å². The maximum atomic E-state index is 5.32. The molecule has 8 aromatic carbocycles. The van der Waals surface area contributed by atoms with Gasteiger partial charge >= 0.3 is 0 Å². The summed E-state index contributed by atoms with van der Waals surface area (Å²) in [6.45, 7) is 0. The Labute approximate surface area is 354 Å². The summed E-state index contributed by atoms with van der Waals surface area (Å²) in [5.74, 6) is 2.15. The van der Waals surface area contributed by atoms with Crippen LogP contribution in [0.5, 0.6) is 0 Å². The lowest BCUT2D eigenvalue weighted by atomic mass is 10.0. The van der Waals surface area contributed by atoms with Gasteiger partial charge in [0, 0.05) is 38.6 Å². The third-order valence-corrected chi connectivity index (χ3v) is 11.3. The van der Waals surface area contributed by atoms with Crippen molar-refractivity contribution < 1.29 is 0 Å². The van der Waals surface area contributed by atoms with E-state index in [-0.39, 0.29) is 0 Å². The van der Waals surface area contributed by atoms with Gasteiger partial charge in [0.15, 0.2) is 11.6 Å². The third kappa shape index (κ3) is 6.84. The average Bonchev–Trinajstić information content (AvgIpc) is 3.69. The quantitative estimate of drug-likeness (QED) is 0.154. The zero-order valence-corrected chi connectivity index (χ0v) is 33.1. The van der Waals surface area contributed by atoms with Crippen molar-refractivity contribution in [2.75, 3.05) is 0 Å². The van der Waals surface area contributed by atoms with Crippen LogP contribution in [0.15, 0.2) is 224 Å². The highest BCUT2D eigenvalue weighted by molar-refractivity contribution is 6.06. The molecule has 0 saturated carbocycles. The second kappa shape index (κ2) is 15.5. The van der Waals surface area contributed by atoms with E-state index in [9.17, 15) is 0 Å². The second-order valence-electron chi connectivity index (χ2n) is 15.1. The Bertz CT molecular complexity index is 3190. The van der Waals surface area contributed by atoms with Gasteiger partial charge in [0.25, 0.3) is 0 Å². The Morgan fingerprint density at radius 3 is 1.11 bits per heavy atom. The highest BCUT2D eigenvalue weighted by Crippen LogP contribution is 2.38. The first-order valence-corrected chi connectivity index (χ1v) is 20.5. The topological polar surface area (TPSA) is 56.0 Å². The molecular formula is C56H37N5. The number of hydrogen-bond donors (Lipinski definition) is 0. The minimum Gasteiger partial charge on any atom is -0.277 e. The van der Waals surface area contributed by atoms with E-state index in [1.807, 2.05) is 24.3 Å². The van der Waals surface area contributed by atoms with Crippen molar-refractivity contribution in [1.82, 2.24) is 24.3 Å². The van der Waals surface area contributed by atoms with Gasteiger partial charge in [-0.15, -0.1) is 0 Å². The van der Waals surface area contributed by atoms with Crippen molar-refractivity contribution in [1.29, 1.82) is 0 Å². The van der Waals surface area contributed by atoms with Crippen molar-refractivity contribution >= 4 is 16.4 Å². The molecule has 61 heavy (non-hydrogen) atoms. The number of benzene rings is 8. The molecule has 0 aliphatic heterocycles. The Morgan fingerprint density at radius 2 is 0.623 bits per heavy atom. The molecule has 0 amide bonds. The molecule has 5 heteroatoms. The Hall–Kier alpha value is -8.28. The fraction of sp³-hybridized carbons (Fsp3) is 0. The van der Waals surface area contributed by atoms with E-state index in [0.717, 1.165) is 83.8 Å². The molecule has 0 bridgehead atoms. The molecule has 3 aromatic heterocycles. The summed E-state index contributed by atoms with van der Waals surface area (Å²) < 4.78 is 2.22. The zero-order valence-electron chi connectivity index (χ0n) is 33.1. The fourth-order valence-electron chi connectivity index (χ4n) is 8.18. The highest BCUT2D eigenvalue weighted by Gasteiger charge is 2.21. The monoisotopic (exact) mass is 779 g/mol. The zero-order chi connectivity index (χ0) is 40.5. The number of aromatic nitrogens is 5. The van der Waals surface area contributed by atoms with E-state index in [4.69, 9.17) is 19.9 Å². The maximum Gasteiger partial charge on any atom is 0.163 e. The minimum atomic E-state index is 0.654. The molecule has 11 aromatic rings. The summed E-state index contributed by atoms with van der Waals surface area (Å²) in [7, 11) is 0. The van der Waals surface area contributed by atoms with Gasteiger partial charge in [0.1, 0.15) is 11.5 Å². The van der Waals surface area contributed by atoms with E-state index >= 15 is 0 Å². The lowest BCUT2D eigenvalue weighted by molar-refractivity contribution is 1.05. The molecule has 286 valence electrons. The molecule has 11 rings (SSSR count). The van der Waals surface area contributed by atoms with Gasteiger partial charge in [-0.05, 0) is 33.9 Å². The summed E-state index contributed by atoms with van der Waals surface area (Å²) in [5, 5.41) is 2.21. The smallest absolute Gasteiger partial charge is 0.163 e. The van der Waals surface area contributed by atoms with E-state index < -0.39 is 0 Å².